The molecule has 3 heterocycles. The molecule has 1 aliphatic heterocycles. The van der Waals surface area contributed by atoms with Crippen molar-refractivity contribution in [1.82, 2.24) is 20.1 Å². The number of nitrogens with zero attached hydrogens (tertiary/aromatic N) is 3. The quantitative estimate of drug-likeness (QED) is 0.534. The predicted molar refractivity (Wildman–Crippen MR) is 127 cm³/mol. The number of benzene rings is 1. The van der Waals surface area contributed by atoms with Crippen LogP contribution in [0.4, 0.5) is 15.9 Å². The van der Waals surface area contributed by atoms with Gasteiger partial charge in [0.1, 0.15) is 11.6 Å². The molecule has 9 heteroatoms. The molecule has 3 aromatic rings. The summed E-state index contributed by atoms with van der Waals surface area (Å²) in [5.74, 6) is 0.422. The zero-order chi connectivity index (χ0) is 24.0. The van der Waals surface area contributed by atoms with Gasteiger partial charge in [-0.2, -0.15) is 10.4 Å². The van der Waals surface area contributed by atoms with Gasteiger partial charge in [-0.1, -0.05) is 12.1 Å². The molecule has 33 heavy (non-hydrogen) atoms. The van der Waals surface area contributed by atoms with Gasteiger partial charge in [0.25, 0.3) is 5.56 Å². The highest BCUT2D eigenvalue weighted by Gasteiger charge is 2.30. The first-order valence-electron chi connectivity index (χ1n) is 11.0. The number of halogens is 1. The molecule has 2 unspecified atom stereocenters. The van der Waals surface area contributed by atoms with Crippen LogP contribution in [0.5, 0.6) is 0 Å². The Morgan fingerprint density at radius 2 is 2.00 bits per heavy atom. The third kappa shape index (κ3) is 6.18. The molecule has 0 saturated carbocycles. The Kier molecular flexibility index (Phi) is 7.84. The van der Waals surface area contributed by atoms with Crippen LogP contribution in [0.2, 0.25) is 0 Å². The number of anilines is 2. The van der Waals surface area contributed by atoms with Crippen LogP contribution in [-0.4, -0.2) is 39.7 Å². The number of ether oxygens (including phenoxy) is 1. The molecule has 0 bridgehead atoms. The number of hydrogen-bond acceptors (Lipinski definition) is 6. The molecule has 0 amide bonds. The molecular formula is C24H31FN6O2. The van der Waals surface area contributed by atoms with Gasteiger partial charge < -0.3 is 20.4 Å². The van der Waals surface area contributed by atoms with Crippen molar-refractivity contribution in [3.05, 3.63) is 52.4 Å². The molecule has 1 aromatic carbocycles. The number of aromatic nitrogens is 3. The minimum Gasteiger partial charge on any atom is -0.378 e. The maximum atomic E-state index is 14.5. The van der Waals surface area contributed by atoms with Gasteiger partial charge in [-0.05, 0) is 51.0 Å². The maximum absolute atomic E-state index is 14.5. The SMILES string of the molecule is CC#N.CC(C)(C)NCc1ccc(Nc2nn(C3CCOCC3F)c3cc[nH]c(=O)c23)cc1. The van der Waals surface area contributed by atoms with Crippen LogP contribution < -0.4 is 16.2 Å². The summed E-state index contributed by atoms with van der Waals surface area (Å²) in [6.07, 6.45) is 0.916. The fraction of sp³-hybridized carbons (Fsp3) is 0.458. The zero-order valence-corrected chi connectivity index (χ0v) is 19.5. The highest BCUT2D eigenvalue weighted by molar-refractivity contribution is 5.91. The predicted octanol–water partition coefficient (Wildman–Crippen LogP) is 4.19. The minimum atomic E-state index is -1.16. The van der Waals surface area contributed by atoms with Crippen molar-refractivity contribution in [3.8, 4) is 6.07 Å². The molecule has 3 N–H and O–H groups in total. The third-order valence-electron chi connectivity index (χ3n) is 5.24. The lowest BCUT2D eigenvalue weighted by Gasteiger charge is -2.26. The van der Waals surface area contributed by atoms with Crippen LogP contribution in [0.3, 0.4) is 0 Å². The molecule has 4 rings (SSSR count). The molecule has 1 aliphatic rings. The number of hydrogen-bond donors (Lipinski definition) is 3. The van der Waals surface area contributed by atoms with E-state index in [1.54, 1.807) is 23.0 Å². The van der Waals surface area contributed by atoms with E-state index in [0.717, 1.165) is 17.8 Å². The van der Waals surface area contributed by atoms with Gasteiger partial charge >= 0.3 is 0 Å². The second-order valence-electron chi connectivity index (χ2n) is 8.96. The van der Waals surface area contributed by atoms with E-state index < -0.39 is 12.2 Å². The summed E-state index contributed by atoms with van der Waals surface area (Å²) < 4.78 is 21.3. The van der Waals surface area contributed by atoms with E-state index in [1.165, 1.54) is 6.92 Å². The Bertz CT molecular complexity index is 1160. The van der Waals surface area contributed by atoms with Gasteiger partial charge in [0, 0.05) is 37.5 Å². The van der Waals surface area contributed by atoms with Crippen molar-refractivity contribution in [2.45, 2.75) is 58.4 Å². The molecule has 2 atom stereocenters. The van der Waals surface area contributed by atoms with Crippen LogP contribution in [-0.2, 0) is 11.3 Å². The maximum Gasteiger partial charge on any atom is 0.261 e. The summed E-state index contributed by atoms with van der Waals surface area (Å²) in [5.41, 5.74) is 2.37. The smallest absolute Gasteiger partial charge is 0.261 e. The van der Waals surface area contributed by atoms with Crippen LogP contribution in [0.1, 0.15) is 45.7 Å². The van der Waals surface area contributed by atoms with Crippen LogP contribution >= 0.6 is 0 Å². The number of aromatic amines is 1. The average Bonchev–Trinajstić information content (AvgIpc) is 3.13. The lowest BCUT2D eigenvalue weighted by atomic mass is 10.1. The third-order valence-corrected chi connectivity index (χ3v) is 5.24. The standard InChI is InChI=1S/C22H28FN5O2.C2H3N/c1-22(2,3)25-12-14-4-6-15(7-5-14)26-20-19-18(8-10-24-21(19)29)28(27-20)17-9-11-30-13-16(17)23;1-2-3/h4-8,10,16-17,25H,9,11-13H2,1-3H3,(H,24,29)(H,26,27);1H3. The first-order valence-corrected chi connectivity index (χ1v) is 11.0. The first-order chi connectivity index (χ1) is 15.7. The molecule has 2 aromatic heterocycles. The number of nitriles is 1. The molecule has 0 aliphatic carbocycles. The number of pyridine rings is 1. The number of nitrogens with one attached hydrogen (secondary N) is 3. The van der Waals surface area contributed by atoms with Gasteiger partial charge in [-0.25, -0.2) is 4.39 Å². The van der Waals surface area contributed by atoms with E-state index in [1.807, 2.05) is 24.3 Å². The van der Waals surface area contributed by atoms with Gasteiger partial charge in [0.15, 0.2) is 5.82 Å². The summed E-state index contributed by atoms with van der Waals surface area (Å²) >= 11 is 0. The van der Waals surface area contributed by atoms with E-state index in [-0.39, 0.29) is 17.7 Å². The molecule has 0 radical (unpaired) electrons. The normalized spacial score (nSPS) is 18.3. The van der Waals surface area contributed by atoms with Crippen molar-refractivity contribution in [2.75, 3.05) is 18.5 Å². The number of H-pyrrole nitrogens is 1. The zero-order valence-electron chi connectivity index (χ0n) is 19.5. The lowest BCUT2D eigenvalue weighted by Crippen LogP contribution is -2.35. The Hall–Kier alpha value is -3.22. The molecule has 1 fully saturated rings. The first kappa shape index (κ1) is 24.4. The fourth-order valence-corrected chi connectivity index (χ4v) is 3.62. The second kappa shape index (κ2) is 10.6. The number of alkyl halides is 1. The van der Waals surface area contributed by atoms with Crippen molar-refractivity contribution in [3.63, 3.8) is 0 Å². The van der Waals surface area contributed by atoms with E-state index in [0.29, 0.717) is 29.7 Å². The summed E-state index contributed by atoms with van der Waals surface area (Å²) in [5, 5.41) is 19.0. The van der Waals surface area contributed by atoms with E-state index in [4.69, 9.17) is 10.00 Å². The average molecular weight is 455 g/mol. The number of fused-ring (bicyclic) bond motifs is 1. The van der Waals surface area contributed by atoms with E-state index >= 15 is 0 Å². The number of rotatable bonds is 5. The largest absolute Gasteiger partial charge is 0.378 e. The Labute approximate surface area is 192 Å². The van der Waals surface area contributed by atoms with Crippen molar-refractivity contribution in [1.29, 1.82) is 5.26 Å². The second-order valence-corrected chi connectivity index (χ2v) is 8.96. The molecule has 1 saturated heterocycles. The van der Waals surface area contributed by atoms with Crippen molar-refractivity contribution >= 4 is 22.4 Å². The molecule has 8 nitrogen and oxygen atoms in total. The summed E-state index contributed by atoms with van der Waals surface area (Å²) in [7, 11) is 0. The highest BCUT2D eigenvalue weighted by atomic mass is 19.1. The Morgan fingerprint density at radius 3 is 2.64 bits per heavy atom. The molecule has 0 spiro atoms. The van der Waals surface area contributed by atoms with Crippen LogP contribution in [0.25, 0.3) is 10.9 Å². The van der Waals surface area contributed by atoms with Gasteiger partial charge in [-0.15, -0.1) is 0 Å². The summed E-state index contributed by atoms with van der Waals surface area (Å²) in [6, 6.07) is 11.0. The summed E-state index contributed by atoms with van der Waals surface area (Å²) in [4.78, 5) is 15.2. The monoisotopic (exact) mass is 454 g/mol. The van der Waals surface area contributed by atoms with Gasteiger partial charge in [0.05, 0.1) is 24.2 Å². The van der Waals surface area contributed by atoms with Crippen LogP contribution in [0.15, 0.2) is 41.3 Å². The highest BCUT2D eigenvalue weighted by Crippen LogP contribution is 2.30. The molecule has 176 valence electrons. The minimum absolute atomic E-state index is 0.0437. The van der Waals surface area contributed by atoms with Gasteiger partial charge in [0.2, 0.25) is 0 Å². The Balaban J connectivity index is 0.000000968. The van der Waals surface area contributed by atoms with Crippen molar-refractivity contribution < 1.29 is 9.13 Å². The fourth-order valence-electron chi connectivity index (χ4n) is 3.62. The summed E-state index contributed by atoms with van der Waals surface area (Å²) in [6.45, 7) is 9.10. The Morgan fingerprint density at radius 1 is 1.30 bits per heavy atom. The van der Waals surface area contributed by atoms with Crippen molar-refractivity contribution in [2.24, 2.45) is 0 Å². The van der Waals surface area contributed by atoms with E-state index in [2.05, 4.69) is 41.5 Å². The van der Waals surface area contributed by atoms with Gasteiger partial charge in [-0.3, -0.25) is 9.48 Å². The lowest BCUT2D eigenvalue weighted by molar-refractivity contribution is 0.00124. The molecular weight excluding hydrogens is 423 g/mol. The van der Waals surface area contributed by atoms with Crippen LogP contribution in [0, 0.1) is 11.3 Å². The topological polar surface area (TPSA) is 108 Å². The van der Waals surface area contributed by atoms with E-state index in [9.17, 15) is 9.18 Å².